The molecule has 0 saturated heterocycles. The number of hydrazone groups is 1. The average Bonchev–Trinajstić information content (AvgIpc) is 2.58. The topological polar surface area (TPSA) is 61.8 Å². The molecule has 0 saturated carbocycles. The van der Waals surface area contributed by atoms with E-state index >= 15 is 0 Å². The zero-order valence-corrected chi connectivity index (χ0v) is 15.8. The van der Waals surface area contributed by atoms with Gasteiger partial charge in [-0.15, -0.1) is 0 Å². The summed E-state index contributed by atoms with van der Waals surface area (Å²) in [7, 11) is 0. The van der Waals surface area contributed by atoms with Gasteiger partial charge in [0, 0.05) is 22.3 Å². The molecule has 0 aromatic heterocycles. The van der Waals surface area contributed by atoms with Crippen LogP contribution in [0.5, 0.6) is 0 Å². The fourth-order valence-electron chi connectivity index (χ4n) is 2.42. The van der Waals surface area contributed by atoms with E-state index in [9.17, 15) is 9.59 Å². The van der Waals surface area contributed by atoms with Gasteiger partial charge >= 0.3 is 0 Å². The van der Waals surface area contributed by atoms with Gasteiger partial charge in [0.25, 0.3) is 5.91 Å². The van der Waals surface area contributed by atoms with E-state index in [1.54, 1.807) is 24.3 Å². The van der Waals surface area contributed by atoms with Gasteiger partial charge in [-0.1, -0.05) is 17.7 Å². The van der Waals surface area contributed by atoms with Crippen LogP contribution in [-0.2, 0) is 9.59 Å². The highest BCUT2D eigenvalue weighted by Crippen LogP contribution is 2.25. The highest BCUT2D eigenvalue weighted by Gasteiger charge is 2.25. The third-order valence-electron chi connectivity index (χ3n) is 3.74. The minimum Gasteiger partial charge on any atom is -0.320 e. The molecule has 0 radical (unpaired) electrons. The summed E-state index contributed by atoms with van der Waals surface area (Å²) in [5, 5.41) is 8.88. The van der Waals surface area contributed by atoms with E-state index in [-0.39, 0.29) is 18.2 Å². The van der Waals surface area contributed by atoms with Gasteiger partial charge in [-0.2, -0.15) is 5.10 Å². The van der Waals surface area contributed by atoms with E-state index in [0.29, 0.717) is 28.5 Å². The predicted octanol–water partition coefficient (Wildman–Crippen LogP) is 4.53. The Morgan fingerprint density at radius 1 is 1.20 bits per heavy atom. The molecule has 2 aromatic carbocycles. The molecule has 2 aromatic rings. The first-order valence-electron chi connectivity index (χ1n) is 7.67. The maximum atomic E-state index is 12.5. The molecule has 128 valence electrons. The molecule has 25 heavy (non-hydrogen) atoms. The van der Waals surface area contributed by atoms with Crippen LogP contribution in [0.4, 0.5) is 11.4 Å². The zero-order valence-electron chi connectivity index (χ0n) is 13.4. The van der Waals surface area contributed by atoms with E-state index in [2.05, 4.69) is 26.3 Å². The standard InChI is InChI=1S/C18H15BrClN3O2/c1-11-2-7-15(14(19)10-11)21-18(25)16-8-9-17(24)23(22-16)13-5-3-12(20)4-6-13/h2-7,10H,8-9H2,1H3,(H,21,25). The summed E-state index contributed by atoms with van der Waals surface area (Å²) >= 11 is 9.31. The molecular weight excluding hydrogens is 406 g/mol. The van der Waals surface area contributed by atoms with Crippen LogP contribution in [-0.4, -0.2) is 17.5 Å². The Hall–Kier alpha value is -2.18. The van der Waals surface area contributed by atoms with Crippen LogP contribution in [0.3, 0.4) is 0 Å². The normalized spacial score (nSPS) is 14.3. The van der Waals surface area contributed by atoms with Crippen molar-refractivity contribution in [1.82, 2.24) is 0 Å². The Labute approximate surface area is 158 Å². The van der Waals surface area contributed by atoms with E-state index < -0.39 is 0 Å². The first-order chi connectivity index (χ1) is 11.9. The van der Waals surface area contributed by atoms with Gasteiger partial charge in [0.15, 0.2) is 0 Å². The van der Waals surface area contributed by atoms with Gasteiger partial charge < -0.3 is 5.32 Å². The van der Waals surface area contributed by atoms with Crippen molar-refractivity contribution in [2.24, 2.45) is 5.10 Å². The third kappa shape index (κ3) is 4.08. The van der Waals surface area contributed by atoms with Gasteiger partial charge in [0.05, 0.1) is 11.4 Å². The summed E-state index contributed by atoms with van der Waals surface area (Å²) in [5.74, 6) is -0.480. The lowest BCUT2D eigenvalue weighted by Crippen LogP contribution is -2.36. The van der Waals surface area contributed by atoms with Crippen molar-refractivity contribution in [3.8, 4) is 0 Å². The number of halogens is 2. The first-order valence-corrected chi connectivity index (χ1v) is 8.84. The second kappa shape index (κ2) is 7.37. The van der Waals surface area contributed by atoms with Crippen LogP contribution in [0.15, 0.2) is 52.0 Å². The van der Waals surface area contributed by atoms with Gasteiger partial charge in [0.1, 0.15) is 5.71 Å². The number of hydrogen-bond acceptors (Lipinski definition) is 3. The molecule has 1 N–H and O–H groups in total. The Morgan fingerprint density at radius 3 is 2.60 bits per heavy atom. The lowest BCUT2D eigenvalue weighted by atomic mass is 10.1. The molecule has 3 rings (SSSR count). The molecule has 0 fully saturated rings. The molecule has 1 heterocycles. The Bertz CT molecular complexity index is 865. The quantitative estimate of drug-likeness (QED) is 0.793. The predicted molar refractivity (Wildman–Crippen MR) is 103 cm³/mol. The Morgan fingerprint density at radius 2 is 1.92 bits per heavy atom. The van der Waals surface area contributed by atoms with Crippen molar-refractivity contribution < 1.29 is 9.59 Å². The van der Waals surface area contributed by atoms with Crippen LogP contribution >= 0.6 is 27.5 Å². The number of rotatable bonds is 3. The number of aryl methyl sites for hydroxylation is 1. The van der Waals surface area contributed by atoms with Gasteiger partial charge in [0.2, 0.25) is 5.91 Å². The molecule has 5 nitrogen and oxygen atoms in total. The summed E-state index contributed by atoms with van der Waals surface area (Å²) in [4.78, 5) is 24.7. The number of anilines is 2. The van der Waals surface area contributed by atoms with Gasteiger partial charge in [-0.25, -0.2) is 5.01 Å². The molecule has 0 bridgehead atoms. The number of nitrogens with zero attached hydrogens (tertiary/aromatic N) is 2. The van der Waals surface area contributed by atoms with E-state index in [4.69, 9.17) is 11.6 Å². The number of carbonyl (C=O) groups is 2. The highest BCUT2D eigenvalue weighted by atomic mass is 79.9. The van der Waals surface area contributed by atoms with Crippen molar-refractivity contribution in [1.29, 1.82) is 0 Å². The van der Waals surface area contributed by atoms with Gasteiger partial charge in [-0.3, -0.25) is 9.59 Å². The van der Waals surface area contributed by atoms with Crippen LogP contribution in [0, 0.1) is 6.92 Å². The van der Waals surface area contributed by atoms with Crippen molar-refractivity contribution >= 4 is 56.4 Å². The summed E-state index contributed by atoms with van der Waals surface area (Å²) in [6.45, 7) is 1.97. The molecule has 0 spiro atoms. The lowest BCUT2D eigenvalue weighted by Gasteiger charge is -2.23. The third-order valence-corrected chi connectivity index (χ3v) is 4.65. The molecule has 0 atom stereocenters. The molecule has 1 aliphatic rings. The molecule has 0 aliphatic carbocycles. The van der Waals surface area contributed by atoms with E-state index in [1.807, 2.05) is 25.1 Å². The minimum absolute atomic E-state index is 0.157. The Kier molecular flexibility index (Phi) is 5.20. The highest BCUT2D eigenvalue weighted by molar-refractivity contribution is 9.10. The fraction of sp³-hybridized carbons (Fsp3) is 0.167. The van der Waals surface area contributed by atoms with Crippen LogP contribution in [0.1, 0.15) is 18.4 Å². The van der Waals surface area contributed by atoms with Crippen LogP contribution < -0.4 is 10.3 Å². The van der Waals surface area contributed by atoms with Crippen molar-refractivity contribution in [3.05, 3.63) is 57.5 Å². The number of hydrogen-bond donors (Lipinski definition) is 1. The first kappa shape index (κ1) is 17.6. The second-order valence-corrected chi connectivity index (χ2v) is 6.96. The van der Waals surface area contributed by atoms with Crippen LogP contribution in [0.2, 0.25) is 5.02 Å². The minimum atomic E-state index is -0.323. The van der Waals surface area contributed by atoms with E-state index in [1.165, 1.54) is 5.01 Å². The monoisotopic (exact) mass is 419 g/mol. The molecule has 1 aliphatic heterocycles. The fourth-order valence-corrected chi connectivity index (χ4v) is 3.14. The zero-order chi connectivity index (χ0) is 18.0. The maximum Gasteiger partial charge on any atom is 0.271 e. The van der Waals surface area contributed by atoms with Crippen LogP contribution in [0.25, 0.3) is 0 Å². The van der Waals surface area contributed by atoms with Crippen molar-refractivity contribution in [2.75, 3.05) is 10.3 Å². The SMILES string of the molecule is Cc1ccc(NC(=O)C2=NN(c3ccc(Cl)cc3)C(=O)CC2)c(Br)c1. The van der Waals surface area contributed by atoms with E-state index in [0.717, 1.165) is 10.0 Å². The summed E-state index contributed by atoms with van der Waals surface area (Å²) < 4.78 is 0.794. The lowest BCUT2D eigenvalue weighted by molar-refractivity contribution is -0.118. The summed E-state index contributed by atoms with van der Waals surface area (Å²) in [5.41, 5.74) is 2.63. The summed E-state index contributed by atoms with van der Waals surface area (Å²) in [6.07, 6.45) is 0.530. The number of nitrogens with one attached hydrogen (secondary N) is 1. The number of carbonyl (C=O) groups excluding carboxylic acids is 2. The van der Waals surface area contributed by atoms with Crippen molar-refractivity contribution in [3.63, 3.8) is 0 Å². The number of benzene rings is 2. The number of amides is 2. The molecule has 7 heteroatoms. The maximum absolute atomic E-state index is 12.5. The van der Waals surface area contributed by atoms with Gasteiger partial charge in [-0.05, 0) is 64.8 Å². The molecule has 0 unspecified atom stereocenters. The smallest absolute Gasteiger partial charge is 0.271 e. The summed E-state index contributed by atoms with van der Waals surface area (Å²) in [6, 6.07) is 12.4. The average molecular weight is 421 g/mol. The largest absolute Gasteiger partial charge is 0.320 e. The second-order valence-electron chi connectivity index (χ2n) is 5.67. The molecule has 2 amide bonds. The van der Waals surface area contributed by atoms with Crippen molar-refractivity contribution in [2.45, 2.75) is 19.8 Å². The molecular formula is C18H15BrClN3O2. The Balaban J connectivity index is 1.83.